The molecule has 2 aliphatic rings. The van der Waals surface area contributed by atoms with Crippen molar-refractivity contribution in [3.05, 3.63) is 178 Å². The van der Waals surface area contributed by atoms with Crippen LogP contribution in [0.25, 0.3) is 61.8 Å². The van der Waals surface area contributed by atoms with Gasteiger partial charge in [0.15, 0.2) is 0 Å². The maximum atomic E-state index is 6.67. The van der Waals surface area contributed by atoms with E-state index in [-0.39, 0.29) is 12.2 Å². The molecular weight excluding hydrogens is 587 g/mol. The number of hydrogen-bond acceptors (Lipinski definition) is 3. The van der Waals surface area contributed by atoms with Crippen molar-refractivity contribution in [1.82, 2.24) is 9.88 Å². The van der Waals surface area contributed by atoms with Gasteiger partial charge in [0.2, 0.25) is 0 Å². The van der Waals surface area contributed by atoms with Crippen LogP contribution in [0.15, 0.2) is 155 Å². The van der Waals surface area contributed by atoms with Crippen molar-refractivity contribution in [2.24, 2.45) is 4.99 Å². The molecule has 3 heterocycles. The lowest BCUT2D eigenvalue weighted by Crippen LogP contribution is -2.40. The Bertz CT molecular complexity index is 2790. The van der Waals surface area contributed by atoms with E-state index in [9.17, 15) is 0 Å². The zero-order valence-corrected chi connectivity index (χ0v) is 26.2. The average molecular weight is 618 g/mol. The highest BCUT2D eigenvalue weighted by molar-refractivity contribution is 6.15. The van der Waals surface area contributed by atoms with Gasteiger partial charge in [0.05, 0.1) is 22.6 Å². The van der Waals surface area contributed by atoms with E-state index >= 15 is 0 Å². The minimum Gasteiger partial charge on any atom is -0.456 e. The van der Waals surface area contributed by atoms with Gasteiger partial charge in [0.1, 0.15) is 17.2 Å². The number of nitrogens with zero attached hydrogens (tertiary/aromatic N) is 2. The largest absolute Gasteiger partial charge is 0.456 e. The lowest BCUT2D eigenvalue weighted by atomic mass is 9.99. The van der Waals surface area contributed by atoms with Crippen molar-refractivity contribution < 1.29 is 4.42 Å². The molecule has 0 spiro atoms. The minimum absolute atomic E-state index is 0.109. The van der Waals surface area contributed by atoms with Gasteiger partial charge < -0.3 is 14.3 Å². The van der Waals surface area contributed by atoms with E-state index in [1.807, 2.05) is 0 Å². The van der Waals surface area contributed by atoms with E-state index in [1.54, 1.807) is 0 Å². The zero-order valence-electron chi connectivity index (χ0n) is 26.2. The highest BCUT2D eigenvalue weighted by Crippen LogP contribution is 2.39. The second-order valence-electron chi connectivity index (χ2n) is 12.7. The monoisotopic (exact) mass is 617 g/mol. The highest BCUT2D eigenvalue weighted by Gasteiger charge is 2.24. The number of benzene rings is 6. The second-order valence-corrected chi connectivity index (χ2v) is 12.7. The molecule has 48 heavy (non-hydrogen) atoms. The molecule has 6 aromatic carbocycles. The Morgan fingerprint density at radius 3 is 2.25 bits per heavy atom. The first-order valence-corrected chi connectivity index (χ1v) is 16.6. The SMILES string of the molecule is C1=c2oc3cccc(C4N=c5ccccc5=C(c5ccccc5)N4)c3c2=CCC1n1c2ccccc2c2c(-c3ccccc3)cccc21. The van der Waals surface area contributed by atoms with Crippen LogP contribution in [0.5, 0.6) is 0 Å². The van der Waals surface area contributed by atoms with Gasteiger partial charge in [-0.3, -0.25) is 4.99 Å². The van der Waals surface area contributed by atoms with Crippen LogP contribution >= 0.6 is 0 Å². The molecule has 2 aromatic heterocycles. The van der Waals surface area contributed by atoms with Gasteiger partial charge in [-0.2, -0.15) is 0 Å². The normalized spacial score (nSPS) is 16.9. The van der Waals surface area contributed by atoms with E-state index in [0.717, 1.165) is 55.4 Å². The van der Waals surface area contributed by atoms with Gasteiger partial charge >= 0.3 is 0 Å². The number of nitrogens with one attached hydrogen (secondary N) is 1. The van der Waals surface area contributed by atoms with Crippen molar-refractivity contribution in [1.29, 1.82) is 0 Å². The van der Waals surface area contributed by atoms with E-state index in [2.05, 4.69) is 168 Å². The third-order valence-electron chi connectivity index (χ3n) is 9.95. The van der Waals surface area contributed by atoms with Crippen LogP contribution in [-0.4, -0.2) is 4.57 Å². The third-order valence-corrected chi connectivity index (χ3v) is 9.95. The molecule has 0 fully saturated rings. The number of aromatic nitrogens is 1. The van der Waals surface area contributed by atoms with E-state index < -0.39 is 0 Å². The van der Waals surface area contributed by atoms with Gasteiger partial charge in [0.25, 0.3) is 0 Å². The number of hydrogen-bond donors (Lipinski definition) is 1. The summed E-state index contributed by atoms with van der Waals surface area (Å²) in [7, 11) is 0. The van der Waals surface area contributed by atoms with Gasteiger partial charge in [-0.25, -0.2) is 0 Å². The van der Waals surface area contributed by atoms with E-state index in [1.165, 1.54) is 32.9 Å². The molecule has 4 nitrogen and oxygen atoms in total. The van der Waals surface area contributed by atoms with Gasteiger partial charge in [0, 0.05) is 37.7 Å². The molecule has 0 amide bonds. The number of furan rings is 1. The molecule has 0 saturated carbocycles. The fourth-order valence-electron chi connectivity index (χ4n) is 7.87. The molecule has 2 unspecified atom stereocenters. The quantitative estimate of drug-likeness (QED) is 0.222. The molecule has 228 valence electrons. The third kappa shape index (κ3) is 4.12. The summed E-state index contributed by atoms with van der Waals surface area (Å²) in [5.74, 6) is 0. The lowest BCUT2D eigenvalue weighted by molar-refractivity contribution is 0.560. The smallest absolute Gasteiger partial charge is 0.146 e. The molecule has 1 aliphatic heterocycles. The van der Waals surface area contributed by atoms with E-state index in [0.29, 0.717) is 0 Å². The Balaban J connectivity index is 1.13. The van der Waals surface area contributed by atoms with Crippen LogP contribution in [0.4, 0.5) is 0 Å². The second kappa shape index (κ2) is 10.7. The number of rotatable bonds is 4. The van der Waals surface area contributed by atoms with Crippen molar-refractivity contribution in [3.63, 3.8) is 0 Å². The number of para-hydroxylation sites is 2. The molecule has 0 radical (unpaired) electrons. The fraction of sp³-hybridized carbons (Fsp3) is 0.0682. The first kappa shape index (κ1) is 27.0. The van der Waals surface area contributed by atoms with Crippen LogP contribution in [-0.2, 0) is 0 Å². The first-order valence-electron chi connectivity index (χ1n) is 16.6. The maximum absolute atomic E-state index is 6.67. The Morgan fingerprint density at radius 1 is 0.646 bits per heavy atom. The molecular formula is C44H31N3O. The Morgan fingerprint density at radius 2 is 1.38 bits per heavy atom. The van der Waals surface area contributed by atoms with Crippen molar-refractivity contribution in [3.8, 4) is 11.1 Å². The molecule has 4 heteroatoms. The Labute approximate surface area is 276 Å². The van der Waals surface area contributed by atoms with Gasteiger partial charge in [-0.05, 0) is 53.5 Å². The molecule has 2 atom stereocenters. The summed E-state index contributed by atoms with van der Waals surface area (Å²) in [4.78, 5) is 5.23. The topological polar surface area (TPSA) is 42.5 Å². The first-order chi connectivity index (χ1) is 23.8. The fourth-order valence-corrected chi connectivity index (χ4v) is 7.87. The Kier molecular flexibility index (Phi) is 6.03. The van der Waals surface area contributed by atoms with Crippen LogP contribution in [0.2, 0.25) is 0 Å². The van der Waals surface area contributed by atoms with Crippen LogP contribution < -0.4 is 26.5 Å². The minimum atomic E-state index is -0.250. The molecule has 0 saturated heterocycles. The summed E-state index contributed by atoms with van der Waals surface area (Å²) in [6.45, 7) is 0. The average Bonchev–Trinajstić information content (AvgIpc) is 3.70. The molecule has 1 aliphatic carbocycles. The zero-order chi connectivity index (χ0) is 31.6. The van der Waals surface area contributed by atoms with Crippen molar-refractivity contribution >= 4 is 50.6 Å². The Hall–Kier alpha value is -6.13. The predicted octanol–water partition coefficient (Wildman–Crippen LogP) is 7.49. The van der Waals surface area contributed by atoms with Crippen molar-refractivity contribution in [2.75, 3.05) is 0 Å². The highest BCUT2D eigenvalue weighted by atomic mass is 16.3. The number of fused-ring (bicyclic) bond motifs is 7. The predicted molar refractivity (Wildman–Crippen MR) is 195 cm³/mol. The summed E-state index contributed by atoms with van der Waals surface area (Å²) in [5.41, 5.74) is 10.1. The van der Waals surface area contributed by atoms with E-state index in [4.69, 9.17) is 9.41 Å². The molecule has 8 aromatic rings. The molecule has 10 rings (SSSR count). The summed E-state index contributed by atoms with van der Waals surface area (Å²) in [5, 5.41) is 10.8. The maximum Gasteiger partial charge on any atom is 0.146 e. The van der Waals surface area contributed by atoms with Crippen LogP contribution in [0.1, 0.15) is 29.8 Å². The molecule has 1 N–H and O–H groups in total. The standard InChI is InChI=1S/C44H31N3O/c1-3-13-28(14-4-1)31-19-11-23-38-41(31)33-18-8-10-22-37(33)47(38)30-25-26-34-40(27-30)48-39-24-12-20-35(42(34)39)44-45-36-21-9-7-17-32(36)43(46-44)29-15-5-2-6-16-29/h1-24,26-27,30,44,46H,25H2. The molecule has 0 bridgehead atoms. The van der Waals surface area contributed by atoms with Gasteiger partial charge in [-0.1, -0.05) is 127 Å². The summed E-state index contributed by atoms with van der Waals surface area (Å²) < 4.78 is 9.17. The van der Waals surface area contributed by atoms with Crippen molar-refractivity contribution in [2.45, 2.75) is 18.6 Å². The summed E-state index contributed by atoms with van der Waals surface area (Å²) in [6, 6.07) is 51.6. The van der Waals surface area contributed by atoms with Gasteiger partial charge in [-0.15, -0.1) is 0 Å². The lowest BCUT2D eigenvalue weighted by Gasteiger charge is -2.23. The van der Waals surface area contributed by atoms with Crippen LogP contribution in [0.3, 0.4) is 0 Å². The summed E-state index contributed by atoms with van der Waals surface area (Å²) in [6.07, 6.45) is 5.30. The summed E-state index contributed by atoms with van der Waals surface area (Å²) >= 11 is 0. The van der Waals surface area contributed by atoms with Crippen LogP contribution in [0, 0.1) is 0 Å².